The van der Waals surface area contributed by atoms with Gasteiger partial charge in [-0.1, -0.05) is 23.2 Å². The van der Waals surface area contributed by atoms with Gasteiger partial charge in [0.05, 0.1) is 12.9 Å². The van der Waals surface area contributed by atoms with Crippen molar-refractivity contribution in [1.29, 1.82) is 0 Å². The quantitative estimate of drug-likeness (QED) is 0.327. The molecule has 2 aromatic rings. The molecule has 0 saturated carbocycles. The minimum absolute atomic E-state index is 0.232. The Kier molecular flexibility index (Phi) is 8.20. The second kappa shape index (κ2) is 9.67. The Bertz CT molecular complexity index is 946. The monoisotopic (exact) mass is 433 g/mol. The number of aliphatic hydroxyl groups excluding tert-OH is 1. The van der Waals surface area contributed by atoms with Crippen molar-refractivity contribution in [3.63, 3.8) is 0 Å². The number of halogens is 2. The molecule has 27 heavy (non-hydrogen) atoms. The molecule has 0 aliphatic heterocycles. The molecule has 2 aromatic carbocycles. The third-order valence-corrected chi connectivity index (χ3v) is 3.29. The van der Waals surface area contributed by atoms with Crippen LogP contribution in [0.1, 0.15) is 15.9 Å². The molecule has 0 radical (unpaired) electrons. The van der Waals surface area contributed by atoms with Crippen LogP contribution in [0.5, 0.6) is 0 Å². The molecule has 0 unspecified atom stereocenters. The van der Waals surface area contributed by atoms with Crippen molar-refractivity contribution in [2.24, 2.45) is 16.5 Å². The highest BCUT2D eigenvalue weighted by Crippen LogP contribution is 2.29. The summed E-state index contributed by atoms with van der Waals surface area (Å²) >= 11 is 12.0. The lowest BCUT2D eigenvalue weighted by molar-refractivity contribution is 0.100. The van der Waals surface area contributed by atoms with Gasteiger partial charge in [-0.25, -0.2) is 0 Å². The van der Waals surface area contributed by atoms with Crippen molar-refractivity contribution in [1.82, 2.24) is 0 Å². The molecule has 0 atom stereocenters. The Balaban J connectivity index is 0.000000646. The van der Waals surface area contributed by atoms with E-state index in [1.807, 2.05) is 0 Å². The molecule has 0 aliphatic carbocycles. The highest BCUT2D eigenvalue weighted by molar-refractivity contribution is 7.85. The van der Waals surface area contributed by atoms with Crippen molar-refractivity contribution < 1.29 is 22.9 Å². The van der Waals surface area contributed by atoms with Gasteiger partial charge in [0.1, 0.15) is 0 Å². The van der Waals surface area contributed by atoms with Crippen molar-refractivity contribution in [3.8, 4) is 11.1 Å². The Morgan fingerprint density at radius 3 is 1.96 bits per heavy atom. The molecule has 0 aromatic heterocycles. The molecular weight excluding hydrogens is 417 g/mol. The zero-order valence-corrected chi connectivity index (χ0v) is 16.4. The number of nitrogens with two attached hydrogens (primary N) is 2. The summed E-state index contributed by atoms with van der Waals surface area (Å²) in [5.74, 6) is -0.920. The van der Waals surface area contributed by atoms with Crippen LogP contribution in [0.15, 0.2) is 41.4 Å². The number of carbonyl (C=O) groups is 1. The number of rotatable bonds is 3. The summed E-state index contributed by atoms with van der Waals surface area (Å²) < 4.78 is 25.9. The summed E-state index contributed by atoms with van der Waals surface area (Å²) in [4.78, 5) is 15.5. The Morgan fingerprint density at radius 1 is 1.04 bits per heavy atom. The maximum Gasteiger partial charge on any atom is 0.280 e. The average Bonchev–Trinajstić information content (AvgIpc) is 2.51. The smallest absolute Gasteiger partial charge is 0.280 e. The van der Waals surface area contributed by atoms with Gasteiger partial charge >= 0.3 is 0 Å². The second-order valence-electron chi connectivity index (χ2n) is 5.31. The minimum atomic E-state index is -3.67. The fourth-order valence-corrected chi connectivity index (χ4v) is 2.50. The third kappa shape index (κ3) is 8.85. The van der Waals surface area contributed by atoms with E-state index in [9.17, 15) is 18.3 Å². The van der Waals surface area contributed by atoms with E-state index >= 15 is 0 Å². The zero-order chi connectivity index (χ0) is 20.8. The summed E-state index contributed by atoms with van der Waals surface area (Å²) in [5.41, 5.74) is 12.6. The van der Waals surface area contributed by atoms with E-state index in [-0.39, 0.29) is 18.1 Å². The number of benzene rings is 2. The van der Waals surface area contributed by atoms with Gasteiger partial charge in [-0.05, 0) is 53.1 Å². The van der Waals surface area contributed by atoms with Crippen molar-refractivity contribution in [2.45, 2.75) is 6.61 Å². The Labute approximate surface area is 166 Å². The molecule has 2 rings (SSSR count). The highest BCUT2D eigenvalue weighted by atomic mass is 35.5. The maximum absolute atomic E-state index is 12.0. The fourth-order valence-electron chi connectivity index (χ4n) is 1.98. The van der Waals surface area contributed by atoms with E-state index < -0.39 is 16.0 Å². The van der Waals surface area contributed by atoms with Gasteiger partial charge in [-0.15, -0.1) is 0 Å². The topological polar surface area (TPSA) is 156 Å². The molecule has 0 bridgehead atoms. The summed E-state index contributed by atoms with van der Waals surface area (Å²) in [6, 6.07) is 9.88. The van der Waals surface area contributed by atoms with Crippen LogP contribution >= 0.6 is 23.2 Å². The van der Waals surface area contributed by atoms with Gasteiger partial charge in [0.25, 0.3) is 16.0 Å². The van der Waals surface area contributed by atoms with E-state index in [4.69, 9.17) is 39.2 Å². The molecule has 8 nitrogen and oxygen atoms in total. The van der Waals surface area contributed by atoms with Crippen LogP contribution in [0.3, 0.4) is 0 Å². The lowest BCUT2D eigenvalue weighted by Crippen LogP contribution is -2.24. The van der Waals surface area contributed by atoms with Crippen LogP contribution in [-0.2, 0) is 16.7 Å². The average molecular weight is 434 g/mol. The summed E-state index contributed by atoms with van der Waals surface area (Å²) in [7, 11) is -3.67. The van der Waals surface area contributed by atoms with Gasteiger partial charge in [-0.2, -0.15) is 13.4 Å². The zero-order valence-electron chi connectivity index (χ0n) is 14.1. The van der Waals surface area contributed by atoms with Gasteiger partial charge in [0, 0.05) is 15.6 Å². The lowest BCUT2D eigenvalue weighted by atomic mass is 9.99. The van der Waals surface area contributed by atoms with E-state index in [2.05, 4.69) is 4.99 Å². The summed E-state index contributed by atoms with van der Waals surface area (Å²) in [5, 5.41) is 10.3. The molecule has 0 fully saturated rings. The van der Waals surface area contributed by atoms with E-state index in [0.717, 1.165) is 0 Å². The van der Waals surface area contributed by atoms with E-state index in [1.54, 1.807) is 30.3 Å². The summed E-state index contributed by atoms with van der Waals surface area (Å²) in [6.07, 6.45) is 0.715. The Hall–Kier alpha value is -2.17. The lowest BCUT2D eigenvalue weighted by Gasteiger charge is -2.08. The first-order valence-electron chi connectivity index (χ1n) is 7.16. The molecule has 11 heteroatoms. The molecular formula is C16H17Cl2N3O5S. The molecule has 6 N–H and O–H groups in total. The number of aliphatic imine (C=N–C) groups is 1. The predicted octanol–water partition coefficient (Wildman–Crippen LogP) is 2.07. The van der Waals surface area contributed by atoms with Gasteiger partial charge in [-0.3, -0.25) is 9.35 Å². The number of hydrogen-bond donors (Lipinski definition) is 4. The molecule has 0 spiro atoms. The number of guanidine groups is 1. The fraction of sp³-hybridized carbons (Fsp3) is 0.125. The number of hydrogen-bond acceptors (Lipinski definition) is 4. The van der Waals surface area contributed by atoms with Crippen LogP contribution in [0.2, 0.25) is 10.0 Å². The molecule has 1 amide bonds. The van der Waals surface area contributed by atoms with Crippen molar-refractivity contribution in [3.05, 3.63) is 57.6 Å². The standard InChI is InChI=1S/C15H13Cl2N3O2.CH4O3S/c16-12-4-10(5-13(17)6-12)9-1-8(7-21)2-11(3-9)14(22)20-15(18)19;1-5(2,3)4/h1-6,21H,7H2,(H4,18,19,20,22);1H3,(H,2,3,4). The van der Waals surface area contributed by atoms with Crippen LogP contribution in [0.25, 0.3) is 11.1 Å². The normalized spacial score (nSPS) is 10.6. The first kappa shape index (κ1) is 22.9. The predicted molar refractivity (Wildman–Crippen MR) is 105 cm³/mol. The van der Waals surface area contributed by atoms with Gasteiger partial charge < -0.3 is 16.6 Å². The van der Waals surface area contributed by atoms with Crippen LogP contribution in [0, 0.1) is 0 Å². The summed E-state index contributed by atoms with van der Waals surface area (Å²) in [6.45, 7) is -0.232. The second-order valence-corrected chi connectivity index (χ2v) is 7.65. The molecule has 0 aliphatic rings. The van der Waals surface area contributed by atoms with Gasteiger partial charge in [0.15, 0.2) is 5.96 Å². The third-order valence-electron chi connectivity index (χ3n) is 2.85. The molecule has 0 heterocycles. The SMILES string of the molecule is CS(=O)(=O)O.NC(N)=NC(=O)c1cc(CO)cc(-c2cc(Cl)cc(Cl)c2)c1. The number of aliphatic hydroxyl groups is 1. The molecule has 146 valence electrons. The minimum Gasteiger partial charge on any atom is -0.392 e. The highest BCUT2D eigenvalue weighted by Gasteiger charge is 2.10. The van der Waals surface area contributed by atoms with Crippen molar-refractivity contribution >= 4 is 45.2 Å². The van der Waals surface area contributed by atoms with Crippen LogP contribution < -0.4 is 11.5 Å². The Morgan fingerprint density at radius 2 is 1.52 bits per heavy atom. The van der Waals surface area contributed by atoms with E-state index in [1.165, 1.54) is 6.07 Å². The first-order chi connectivity index (χ1) is 12.4. The first-order valence-corrected chi connectivity index (χ1v) is 9.77. The molecule has 0 saturated heterocycles. The number of nitrogens with zero attached hydrogens (tertiary/aromatic N) is 1. The number of carbonyl (C=O) groups excluding carboxylic acids is 1. The van der Waals surface area contributed by atoms with Crippen LogP contribution in [0.4, 0.5) is 0 Å². The van der Waals surface area contributed by atoms with E-state index in [0.29, 0.717) is 33.0 Å². The van der Waals surface area contributed by atoms with Gasteiger partial charge in [0.2, 0.25) is 0 Å². The van der Waals surface area contributed by atoms with Crippen LogP contribution in [-0.4, -0.2) is 36.2 Å². The number of amides is 1. The maximum atomic E-state index is 12.0. The largest absolute Gasteiger partial charge is 0.392 e. The van der Waals surface area contributed by atoms with Crippen molar-refractivity contribution in [2.75, 3.05) is 6.26 Å².